The Balaban J connectivity index is 1.75. The lowest BCUT2D eigenvalue weighted by atomic mass is 10.1. The van der Waals surface area contributed by atoms with Crippen molar-refractivity contribution in [1.29, 1.82) is 0 Å². The Morgan fingerprint density at radius 3 is 2.33 bits per heavy atom. The number of amides is 1. The van der Waals surface area contributed by atoms with Gasteiger partial charge in [0.15, 0.2) is 0 Å². The molecule has 0 unspecified atom stereocenters. The van der Waals surface area contributed by atoms with Crippen molar-refractivity contribution in [1.82, 2.24) is 11.0 Å². The molecule has 5 heteroatoms. The van der Waals surface area contributed by atoms with Crippen molar-refractivity contribution in [3.8, 4) is 0 Å². The van der Waals surface area contributed by atoms with Crippen LogP contribution in [0.5, 0.6) is 0 Å². The first-order valence-corrected chi connectivity index (χ1v) is 6.51. The largest absolute Gasteiger partial charge is 0.351 e. The van der Waals surface area contributed by atoms with E-state index in [1.165, 1.54) is 0 Å². The lowest BCUT2D eigenvalue weighted by Crippen LogP contribution is -2.39. The maximum Gasteiger partial charge on any atom is 0.331 e. The highest BCUT2D eigenvalue weighted by atomic mass is 16.7. The molecule has 5 nitrogen and oxygen atoms in total. The van der Waals surface area contributed by atoms with Gasteiger partial charge in [-0.25, -0.2) is 4.79 Å². The molecule has 0 fully saturated rings. The zero-order valence-electron chi connectivity index (χ0n) is 11.6. The van der Waals surface area contributed by atoms with E-state index in [0.29, 0.717) is 5.56 Å². The van der Waals surface area contributed by atoms with Crippen LogP contribution in [0.1, 0.15) is 21.5 Å². The molecule has 0 aliphatic heterocycles. The number of carbonyl (C=O) groups excluding carboxylic acids is 2. The summed E-state index contributed by atoms with van der Waals surface area (Å²) >= 11 is 0. The van der Waals surface area contributed by atoms with E-state index in [1.807, 2.05) is 49.4 Å². The van der Waals surface area contributed by atoms with Gasteiger partial charge in [0.25, 0.3) is 5.91 Å². The Bertz CT molecular complexity index is 609. The average Bonchev–Trinajstić information content (AvgIpc) is 2.49. The molecule has 0 aromatic heterocycles. The zero-order chi connectivity index (χ0) is 15.1. The summed E-state index contributed by atoms with van der Waals surface area (Å²) in [6.45, 7) is 1.94. The molecular weight excluding hydrogens is 268 g/mol. The highest BCUT2D eigenvalue weighted by Gasteiger charge is 2.07. The first kappa shape index (κ1) is 14.7. The first-order valence-electron chi connectivity index (χ1n) is 6.51. The Morgan fingerprint density at radius 2 is 1.67 bits per heavy atom. The summed E-state index contributed by atoms with van der Waals surface area (Å²) in [7, 11) is 0. The van der Waals surface area contributed by atoms with Gasteiger partial charge in [0.1, 0.15) is 0 Å². The molecular formula is C16H16N2O3. The van der Waals surface area contributed by atoms with Gasteiger partial charge in [-0.05, 0) is 24.6 Å². The predicted molar refractivity (Wildman–Crippen MR) is 78.0 cm³/mol. The summed E-state index contributed by atoms with van der Waals surface area (Å²) in [5, 5.41) is 0. The Labute approximate surface area is 122 Å². The molecule has 0 radical (unpaired) electrons. The second kappa shape index (κ2) is 7.21. The minimum absolute atomic E-state index is 0.133. The van der Waals surface area contributed by atoms with Gasteiger partial charge in [-0.3, -0.25) is 10.2 Å². The van der Waals surface area contributed by atoms with Crippen LogP contribution in [-0.2, 0) is 16.1 Å². The van der Waals surface area contributed by atoms with E-state index < -0.39 is 5.97 Å². The second-order valence-corrected chi connectivity index (χ2v) is 4.56. The number of nitrogens with one attached hydrogen (secondary N) is 2. The van der Waals surface area contributed by atoms with Crippen molar-refractivity contribution in [3.63, 3.8) is 0 Å². The maximum absolute atomic E-state index is 11.7. The van der Waals surface area contributed by atoms with Crippen molar-refractivity contribution in [3.05, 3.63) is 71.3 Å². The summed E-state index contributed by atoms with van der Waals surface area (Å²) in [5.74, 6) is -0.854. The average molecular weight is 284 g/mol. The van der Waals surface area contributed by atoms with Crippen LogP contribution in [0.4, 0.5) is 0 Å². The van der Waals surface area contributed by atoms with Crippen LogP contribution in [0.3, 0.4) is 0 Å². The molecule has 0 saturated carbocycles. The molecule has 0 heterocycles. The molecule has 2 N–H and O–H groups in total. The Morgan fingerprint density at radius 1 is 1.00 bits per heavy atom. The summed E-state index contributed by atoms with van der Waals surface area (Å²) < 4.78 is 0. The van der Waals surface area contributed by atoms with E-state index in [2.05, 4.69) is 11.0 Å². The van der Waals surface area contributed by atoms with E-state index in [4.69, 9.17) is 4.84 Å². The van der Waals surface area contributed by atoms with E-state index in [-0.39, 0.29) is 12.3 Å². The molecule has 2 aromatic carbocycles. The van der Waals surface area contributed by atoms with Gasteiger partial charge in [0.05, 0.1) is 6.42 Å². The van der Waals surface area contributed by atoms with Crippen LogP contribution in [0.15, 0.2) is 54.6 Å². The van der Waals surface area contributed by atoms with Gasteiger partial charge >= 0.3 is 5.97 Å². The molecule has 0 atom stereocenters. The molecule has 0 saturated heterocycles. The van der Waals surface area contributed by atoms with Crippen molar-refractivity contribution in [2.24, 2.45) is 0 Å². The van der Waals surface area contributed by atoms with Crippen LogP contribution >= 0.6 is 0 Å². The SMILES string of the molecule is Cc1ccc(C(=O)NNOC(=O)Cc2ccccc2)cc1. The van der Waals surface area contributed by atoms with E-state index in [0.717, 1.165) is 11.1 Å². The monoisotopic (exact) mass is 284 g/mol. The number of benzene rings is 2. The molecule has 108 valence electrons. The molecule has 0 spiro atoms. The second-order valence-electron chi connectivity index (χ2n) is 4.56. The van der Waals surface area contributed by atoms with Crippen LogP contribution in [-0.4, -0.2) is 11.9 Å². The third-order valence-electron chi connectivity index (χ3n) is 2.83. The van der Waals surface area contributed by atoms with Crippen molar-refractivity contribution < 1.29 is 14.4 Å². The molecule has 21 heavy (non-hydrogen) atoms. The lowest BCUT2D eigenvalue weighted by Gasteiger charge is -2.07. The van der Waals surface area contributed by atoms with Gasteiger partial charge in [-0.2, -0.15) is 0 Å². The highest BCUT2D eigenvalue weighted by molar-refractivity contribution is 5.93. The van der Waals surface area contributed by atoms with Crippen molar-refractivity contribution >= 4 is 11.9 Å². The van der Waals surface area contributed by atoms with Crippen molar-refractivity contribution in [2.75, 3.05) is 0 Å². The summed E-state index contributed by atoms with van der Waals surface area (Å²) in [6, 6.07) is 16.3. The van der Waals surface area contributed by atoms with E-state index >= 15 is 0 Å². The molecule has 2 aromatic rings. The van der Waals surface area contributed by atoms with Gasteiger partial charge in [-0.1, -0.05) is 53.6 Å². The van der Waals surface area contributed by atoms with Gasteiger partial charge in [0.2, 0.25) is 0 Å². The standard InChI is InChI=1S/C16H16N2O3/c1-12-7-9-14(10-8-12)16(20)17-18-21-15(19)11-13-5-3-2-4-6-13/h2-10,18H,11H2,1H3,(H,17,20). The van der Waals surface area contributed by atoms with Crippen LogP contribution < -0.4 is 11.0 Å². The third kappa shape index (κ3) is 4.74. The fourth-order valence-electron chi connectivity index (χ4n) is 1.70. The molecule has 0 bridgehead atoms. The minimum atomic E-state index is -0.481. The van der Waals surface area contributed by atoms with Gasteiger partial charge < -0.3 is 4.84 Å². The quantitative estimate of drug-likeness (QED) is 0.823. The maximum atomic E-state index is 11.7. The topological polar surface area (TPSA) is 67.4 Å². The number of hydrogen-bond acceptors (Lipinski definition) is 4. The molecule has 0 aliphatic carbocycles. The smallest absolute Gasteiger partial charge is 0.331 e. The first-order chi connectivity index (χ1) is 10.1. The zero-order valence-corrected chi connectivity index (χ0v) is 11.6. The molecule has 1 amide bonds. The number of rotatable bonds is 5. The molecule has 2 rings (SSSR count). The molecule has 0 aliphatic rings. The van der Waals surface area contributed by atoms with E-state index in [1.54, 1.807) is 12.1 Å². The van der Waals surface area contributed by atoms with Crippen LogP contribution in [0, 0.1) is 6.92 Å². The van der Waals surface area contributed by atoms with Crippen LogP contribution in [0.2, 0.25) is 0 Å². The number of aryl methyl sites for hydroxylation is 1. The number of hydrogen-bond donors (Lipinski definition) is 2. The third-order valence-corrected chi connectivity index (χ3v) is 2.83. The van der Waals surface area contributed by atoms with Crippen molar-refractivity contribution in [2.45, 2.75) is 13.3 Å². The summed E-state index contributed by atoms with van der Waals surface area (Å²) in [5.41, 5.74) is 6.86. The summed E-state index contributed by atoms with van der Waals surface area (Å²) in [4.78, 5) is 28.0. The fourth-order valence-corrected chi connectivity index (χ4v) is 1.70. The Hall–Kier alpha value is -2.66. The normalized spacial score (nSPS) is 9.95. The minimum Gasteiger partial charge on any atom is -0.351 e. The number of hydrazine groups is 1. The van der Waals surface area contributed by atoms with Gasteiger partial charge in [0, 0.05) is 5.56 Å². The summed E-state index contributed by atoms with van der Waals surface area (Å²) in [6.07, 6.45) is 0.133. The highest BCUT2D eigenvalue weighted by Crippen LogP contribution is 2.02. The predicted octanol–water partition coefficient (Wildman–Crippen LogP) is 1.93. The van der Waals surface area contributed by atoms with Gasteiger partial charge in [-0.15, -0.1) is 0 Å². The van der Waals surface area contributed by atoms with E-state index in [9.17, 15) is 9.59 Å². The fraction of sp³-hybridized carbons (Fsp3) is 0.125. The number of carbonyl (C=O) groups is 2. The lowest BCUT2D eigenvalue weighted by molar-refractivity contribution is -0.152. The van der Waals surface area contributed by atoms with Crippen LogP contribution in [0.25, 0.3) is 0 Å². The Kier molecular flexibility index (Phi) is 5.06.